The molecule has 0 N–H and O–H groups in total. The van der Waals surface area contributed by atoms with E-state index in [1.807, 2.05) is 20.8 Å². The van der Waals surface area contributed by atoms with Gasteiger partial charge in [-0.15, -0.1) is 0 Å². The summed E-state index contributed by atoms with van der Waals surface area (Å²) in [6.07, 6.45) is 3.63. The summed E-state index contributed by atoms with van der Waals surface area (Å²) in [7, 11) is 11.3. The fourth-order valence-electron chi connectivity index (χ4n) is 1.71. The SMILES string of the molecule is CCCCC(CC)COC([O][V](=[O])([Cl])([Cl])[Cl])C(C)(C)C. The average molecular weight is 389 g/mol. The monoisotopic (exact) mass is 387 g/mol. The van der Waals surface area contributed by atoms with Gasteiger partial charge in [-0.2, -0.15) is 0 Å². The van der Waals surface area contributed by atoms with E-state index in [2.05, 4.69) is 13.8 Å². The number of rotatable bonds is 9. The molecular formula is C13H27Cl3O3V. The van der Waals surface area contributed by atoms with Gasteiger partial charge in [0.25, 0.3) is 0 Å². The molecule has 0 rings (SSSR count). The molecule has 0 radical (unpaired) electrons. The van der Waals surface area contributed by atoms with Gasteiger partial charge in [-0.3, -0.25) is 0 Å². The Bertz CT molecular complexity index is 338. The van der Waals surface area contributed by atoms with Crippen LogP contribution in [0.2, 0.25) is 0 Å². The second-order valence-corrected chi connectivity index (χ2v) is 18.4. The predicted molar refractivity (Wildman–Crippen MR) is 81.8 cm³/mol. The van der Waals surface area contributed by atoms with Crippen LogP contribution in [0.5, 0.6) is 0 Å². The van der Waals surface area contributed by atoms with Crippen molar-refractivity contribution in [2.75, 3.05) is 6.61 Å². The Morgan fingerprint density at radius 3 is 2.05 bits per heavy atom. The summed E-state index contributed by atoms with van der Waals surface area (Å²) >= 11 is 0. The minimum absolute atomic E-state index is 0.423. The summed E-state index contributed by atoms with van der Waals surface area (Å²) in [5.41, 5.74) is -0.423. The topological polar surface area (TPSA) is 35.5 Å². The van der Waals surface area contributed by atoms with E-state index in [1.54, 1.807) is 0 Å². The van der Waals surface area contributed by atoms with E-state index in [4.69, 9.17) is 37.9 Å². The number of halogens is 3. The van der Waals surface area contributed by atoms with Crippen molar-refractivity contribution in [2.45, 2.75) is 66.6 Å². The van der Waals surface area contributed by atoms with Gasteiger partial charge in [0.15, 0.2) is 0 Å². The zero-order valence-corrected chi connectivity index (χ0v) is 16.7. The quantitative estimate of drug-likeness (QED) is 0.453. The van der Waals surface area contributed by atoms with Crippen LogP contribution in [0, 0.1) is 11.3 Å². The molecule has 3 nitrogen and oxygen atoms in total. The van der Waals surface area contributed by atoms with Gasteiger partial charge in [0.05, 0.1) is 0 Å². The summed E-state index contributed by atoms with van der Waals surface area (Å²) in [5.74, 6) is 0.438. The molecule has 0 aliphatic carbocycles. The third kappa shape index (κ3) is 10.8. The molecule has 0 heterocycles. The molecule has 0 spiro atoms. The van der Waals surface area contributed by atoms with Gasteiger partial charge in [-0.05, 0) is 0 Å². The van der Waals surface area contributed by atoms with E-state index >= 15 is 0 Å². The predicted octanol–water partition coefficient (Wildman–Crippen LogP) is 6.02. The van der Waals surface area contributed by atoms with Crippen molar-refractivity contribution in [3.8, 4) is 0 Å². The molecule has 0 fully saturated rings. The minimum atomic E-state index is -5.40. The average Bonchev–Trinajstić information content (AvgIpc) is 2.23. The first kappa shape index (κ1) is 21.2. The van der Waals surface area contributed by atoms with Gasteiger partial charge in [-0.1, -0.05) is 0 Å². The molecule has 0 aliphatic rings. The maximum atomic E-state index is 11.8. The van der Waals surface area contributed by atoms with E-state index in [-0.39, 0.29) is 0 Å². The molecule has 0 bridgehead atoms. The van der Waals surface area contributed by atoms with Crippen LogP contribution in [0.25, 0.3) is 0 Å². The second-order valence-electron chi connectivity index (χ2n) is 6.23. The van der Waals surface area contributed by atoms with Crippen molar-refractivity contribution >= 4 is 29.5 Å². The third-order valence-electron chi connectivity index (χ3n) is 2.99. The van der Waals surface area contributed by atoms with Gasteiger partial charge in [-0.25, -0.2) is 0 Å². The molecule has 2 unspecified atom stereocenters. The van der Waals surface area contributed by atoms with Gasteiger partial charge in [0, 0.05) is 0 Å². The van der Waals surface area contributed by atoms with E-state index in [0.717, 1.165) is 25.7 Å². The first-order valence-electron chi connectivity index (χ1n) is 7.06. The van der Waals surface area contributed by atoms with Crippen LogP contribution in [0.1, 0.15) is 60.3 Å². The molecule has 0 aromatic rings. The molecule has 0 saturated carbocycles. The Hall–Kier alpha value is 1.17. The molecule has 123 valence electrons. The zero-order chi connectivity index (χ0) is 16.1. The fourth-order valence-corrected chi connectivity index (χ4v) is 3.65. The molecule has 0 aromatic heterocycles. The summed E-state index contributed by atoms with van der Waals surface area (Å²) in [6.45, 7) is 10.5. The van der Waals surface area contributed by atoms with Crippen LogP contribution in [0.4, 0.5) is 0 Å². The molecule has 20 heavy (non-hydrogen) atoms. The molecule has 0 aromatic carbocycles. The van der Waals surface area contributed by atoms with E-state index in [0.29, 0.717) is 12.5 Å². The van der Waals surface area contributed by atoms with Gasteiger partial charge in [0.1, 0.15) is 0 Å². The van der Waals surface area contributed by atoms with E-state index in [9.17, 15) is 3.67 Å². The van der Waals surface area contributed by atoms with Crippen molar-refractivity contribution in [3.05, 3.63) is 0 Å². The van der Waals surface area contributed by atoms with Gasteiger partial charge in [0.2, 0.25) is 0 Å². The molecule has 7 heteroatoms. The van der Waals surface area contributed by atoms with Gasteiger partial charge < -0.3 is 0 Å². The van der Waals surface area contributed by atoms with Crippen LogP contribution in [0.15, 0.2) is 0 Å². The number of hydrogen-bond acceptors (Lipinski definition) is 3. The normalized spacial score (nSPS) is 18.3. The van der Waals surface area contributed by atoms with Crippen LogP contribution in [-0.2, 0) is 22.4 Å². The Labute approximate surface area is 136 Å². The first-order valence-corrected chi connectivity index (χ1v) is 14.0. The van der Waals surface area contributed by atoms with Crippen LogP contribution < -0.4 is 0 Å². The number of ether oxygens (including phenoxy) is 1. The Morgan fingerprint density at radius 2 is 1.70 bits per heavy atom. The van der Waals surface area contributed by atoms with Crippen LogP contribution in [-0.4, -0.2) is 12.9 Å². The molecule has 0 amide bonds. The summed E-state index contributed by atoms with van der Waals surface area (Å²) < 4.78 is 22.8. The Kier molecular flexibility index (Phi) is 8.62. The summed E-state index contributed by atoms with van der Waals surface area (Å²) in [5, 5.41) is 0. The molecule has 2 atom stereocenters. The molecule has 0 saturated heterocycles. The first-order chi connectivity index (χ1) is 8.85. The van der Waals surface area contributed by atoms with Crippen molar-refractivity contribution < 1.29 is 22.4 Å². The third-order valence-corrected chi connectivity index (χ3v) is 4.78. The second kappa shape index (κ2) is 8.15. The van der Waals surface area contributed by atoms with Crippen molar-refractivity contribution in [3.63, 3.8) is 0 Å². The van der Waals surface area contributed by atoms with Crippen LogP contribution in [0.3, 0.4) is 0 Å². The van der Waals surface area contributed by atoms with Crippen LogP contribution >= 0.6 is 29.5 Å². The van der Waals surface area contributed by atoms with E-state index < -0.39 is 22.0 Å². The fraction of sp³-hybridized carbons (Fsp3) is 1.00. The maximum absolute atomic E-state index is 11.8. The molecule has 0 aliphatic heterocycles. The Morgan fingerprint density at radius 1 is 1.15 bits per heavy atom. The molecular weight excluding hydrogens is 361 g/mol. The summed E-state index contributed by atoms with van der Waals surface area (Å²) in [4.78, 5) is 0. The van der Waals surface area contributed by atoms with E-state index in [1.165, 1.54) is 0 Å². The summed E-state index contributed by atoms with van der Waals surface area (Å²) in [6, 6.07) is 0. The zero-order valence-electron chi connectivity index (χ0n) is 13.0. The standard InChI is InChI=1S/C13H27O2.3ClH.O.V/c1-6-8-9-11(7-2)10-15-12(14)13(3,4)5;;;;;/h11-12H,6-10H2,1-5H3;3*1H;;/q-1;;;;;+4/p-3. The van der Waals surface area contributed by atoms with Gasteiger partial charge >= 0.3 is 136 Å². The van der Waals surface area contributed by atoms with Crippen molar-refractivity contribution in [2.24, 2.45) is 11.3 Å². The Balaban J connectivity index is 4.64. The van der Waals surface area contributed by atoms with Crippen molar-refractivity contribution in [1.29, 1.82) is 0 Å². The van der Waals surface area contributed by atoms with Crippen molar-refractivity contribution in [1.82, 2.24) is 0 Å². The number of hydrogen-bond donors (Lipinski definition) is 0. The number of unbranched alkanes of at least 4 members (excludes halogenated alkanes) is 1.